The Balaban J connectivity index is 2.08. The smallest absolute Gasteiger partial charge is 0.258 e. The van der Waals surface area contributed by atoms with Crippen LogP contribution in [-0.2, 0) is 12.6 Å². The summed E-state index contributed by atoms with van der Waals surface area (Å²) in [6, 6.07) is 5.84. The van der Waals surface area contributed by atoms with E-state index >= 15 is 0 Å². The van der Waals surface area contributed by atoms with Gasteiger partial charge in [-0.1, -0.05) is 17.7 Å². The molecule has 0 aliphatic rings. The van der Waals surface area contributed by atoms with Gasteiger partial charge in [0.25, 0.3) is 11.5 Å². The van der Waals surface area contributed by atoms with Crippen LogP contribution in [0.25, 0.3) is 5.82 Å². The van der Waals surface area contributed by atoms with E-state index in [1.807, 2.05) is 0 Å². The highest BCUT2D eigenvalue weighted by atomic mass is 35.5. The number of hydrogen-bond acceptors (Lipinski definition) is 5. The van der Waals surface area contributed by atoms with Crippen LogP contribution in [0, 0.1) is 24.0 Å². The van der Waals surface area contributed by atoms with Gasteiger partial charge in [-0.05, 0) is 37.1 Å². The fraction of sp³-hybridized carbons (Fsp3) is 0.235. The molecule has 1 aromatic carbocycles. The van der Waals surface area contributed by atoms with Crippen LogP contribution in [-0.4, -0.2) is 24.7 Å². The summed E-state index contributed by atoms with van der Waals surface area (Å²) >= 11 is 6.14. The minimum absolute atomic E-state index is 0.0175. The zero-order valence-corrected chi connectivity index (χ0v) is 15.4. The van der Waals surface area contributed by atoms with Gasteiger partial charge in [-0.15, -0.1) is 5.10 Å². The van der Waals surface area contributed by atoms with Gasteiger partial charge in [-0.3, -0.25) is 10.1 Å². The maximum Gasteiger partial charge on any atom is 0.453 e. The van der Waals surface area contributed by atoms with E-state index in [-0.39, 0.29) is 28.8 Å². The number of aromatic nitrogens is 4. The van der Waals surface area contributed by atoms with Gasteiger partial charge in [0.1, 0.15) is 5.82 Å². The molecule has 7 nitrogen and oxygen atoms in total. The summed E-state index contributed by atoms with van der Waals surface area (Å²) in [4.78, 5) is 18.1. The Morgan fingerprint density at radius 2 is 1.96 bits per heavy atom. The molecule has 28 heavy (non-hydrogen) atoms. The standard InChI is InChI=1S/C17H13ClF3N5O2/c1-9-5-12(18)15(22-8-9)25-14(23-16(24-25)17(19,20)21)7-11-3-4-13(26(27)28)10(2)6-11/h3-6,8H,7H2,1-2H3. The first-order valence-corrected chi connectivity index (χ1v) is 8.33. The van der Waals surface area contributed by atoms with Gasteiger partial charge in [0, 0.05) is 24.2 Å². The molecule has 0 bridgehead atoms. The van der Waals surface area contributed by atoms with Crippen molar-refractivity contribution in [2.45, 2.75) is 26.4 Å². The van der Waals surface area contributed by atoms with Gasteiger partial charge in [0.2, 0.25) is 0 Å². The summed E-state index contributed by atoms with van der Waals surface area (Å²) in [5.74, 6) is -1.35. The maximum absolute atomic E-state index is 13.1. The van der Waals surface area contributed by atoms with Crippen LogP contribution in [0.2, 0.25) is 5.02 Å². The molecule has 0 aliphatic heterocycles. The molecule has 0 aliphatic carbocycles. The predicted molar refractivity (Wildman–Crippen MR) is 94.5 cm³/mol. The summed E-state index contributed by atoms with van der Waals surface area (Å²) < 4.78 is 40.4. The lowest BCUT2D eigenvalue weighted by Gasteiger charge is -2.08. The fourth-order valence-electron chi connectivity index (χ4n) is 2.65. The summed E-state index contributed by atoms with van der Waals surface area (Å²) in [5.41, 5.74) is 1.58. The minimum atomic E-state index is -4.75. The number of rotatable bonds is 4. The Bertz CT molecular complexity index is 1070. The van der Waals surface area contributed by atoms with Gasteiger partial charge in [-0.25, -0.2) is 9.97 Å². The van der Waals surface area contributed by atoms with Gasteiger partial charge < -0.3 is 0 Å². The van der Waals surface area contributed by atoms with E-state index < -0.39 is 16.9 Å². The van der Waals surface area contributed by atoms with Crippen LogP contribution in [0.15, 0.2) is 30.5 Å². The topological polar surface area (TPSA) is 86.7 Å². The average molecular weight is 412 g/mol. The van der Waals surface area contributed by atoms with E-state index in [0.29, 0.717) is 11.1 Å². The molecule has 0 saturated carbocycles. The first-order valence-electron chi connectivity index (χ1n) is 7.96. The summed E-state index contributed by atoms with van der Waals surface area (Å²) in [6.07, 6.45) is -3.34. The highest BCUT2D eigenvalue weighted by molar-refractivity contribution is 6.32. The van der Waals surface area contributed by atoms with E-state index in [1.54, 1.807) is 19.9 Å². The van der Waals surface area contributed by atoms with Crippen molar-refractivity contribution < 1.29 is 18.1 Å². The Hall–Kier alpha value is -3.01. The number of halogens is 4. The second-order valence-corrected chi connectivity index (χ2v) is 6.54. The highest BCUT2D eigenvalue weighted by Crippen LogP contribution is 2.29. The van der Waals surface area contributed by atoms with Crippen molar-refractivity contribution in [2.75, 3.05) is 0 Å². The van der Waals surface area contributed by atoms with Crippen molar-refractivity contribution in [3.8, 4) is 5.82 Å². The monoisotopic (exact) mass is 411 g/mol. The molecule has 0 N–H and O–H groups in total. The number of aryl methyl sites for hydroxylation is 2. The van der Waals surface area contributed by atoms with Crippen LogP contribution in [0.5, 0.6) is 0 Å². The van der Waals surface area contributed by atoms with E-state index in [2.05, 4.69) is 15.1 Å². The number of nitro groups is 1. The van der Waals surface area contributed by atoms with Crippen LogP contribution in [0.4, 0.5) is 18.9 Å². The second-order valence-electron chi connectivity index (χ2n) is 6.13. The van der Waals surface area contributed by atoms with Crippen LogP contribution in [0.1, 0.15) is 28.3 Å². The predicted octanol–water partition coefficient (Wildman–Crippen LogP) is 4.45. The number of nitro benzene ring substituents is 1. The van der Waals surface area contributed by atoms with Gasteiger partial charge in [0.05, 0.1) is 9.95 Å². The quantitative estimate of drug-likeness (QED) is 0.467. The number of benzene rings is 1. The number of pyridine rings is 1. The zero-order valence-electron chi connectivity index (χ0n) is 14.7. The molecule has 0 fully saturated rings. The Labute approximate surface area is 162 Å². The molecule has 2 heterocycles. The Kier molecular flexibility index (Phi) is 5.07. The number of hydrogen-bond donors (Lipinski definition) is 0. The van der Waals surface area contributed by atoms with Crippen molar-refractivity contribution in [1.82, 2.24) is 19.7 Å². The van der Waals surface area contributed by atoms with Crippen molar-refractivity contribution in [1.29, 1.82) is 0 Å². The van der Waals surface area contributed by atoms with Crippen LogP contribution >= 0.6 is 11.6 Å². The highest BCUT2D eigenvalue weighted by Gasteiger charge is 2.37. The molecular formula is C17H13ClF3N5O2. The van der Waals surface area contributed by atoms with Crippen molar-refractivity contribution in [2.24, 2.45) is 0 Å². The van der Waals surface area contributed by atoms with Crippen molar-refractivity contribution in [3.63, 3.8) is 0 Å². The molecule has 0 radical (unpaired) electrons. The van der Waals surface area contributed by atoms with E-state index in [4.69, 9.17) is 11.6 Å². The summed E-state index contributed by atoms with van der Waals surface area (Å²) in [6.45, 7) is 3.29. The molecular weight excluding hydrogens is 399 g/mol. The Morgan fingerprint density at radius 1 is 1.25 bits per heavy atom. The van der Waals surface area contributed by atoms with E-state index in [1.165, 1.54) is 24.4 Å². The summed E-state index contributed by atoms with van der Waals surface area (Å²) in [7, 11) is 0. The second kappa shape index (κ2) is 7.19. The first-order chi connectivity index (χ1) is 13.1. The van der Waals surface area contributed by atoms with Crippen molar-refractivity contribution >= 4 is 17.3 Å². The van der Waals surface area contributed by atoms with Gasteiger partial charge in [0.15, 0.2) is 5.82 Å². The van der Waals surface area contributed by atoms with E-state index in [0.717, 1.165) is 10.2 Å². The molecule has 146 valence electrons. The zero-order chi connectivity index (χ0) is 20.6. The average Bonchev–Trinajstić information content (AvgIpc) is 2.98. The first kappa shape index (κ1) is 19.7. The molecule has 0 amide bonds. The molecule has 0 spiro atoms. The number of alkyl halides is 3. The Morgan fingerprint density at radius 3 is 2.54 bits per heavy atom. The third kappa shape index (κ3) is 3.96. The molecule has 3 aromatic rings. The molecule has 3 rings (SSSR count). The molecule has 0 atom stereocenters. The maximum atomic E-state index is 13.1. The normalized spacial score (nSPS) is 11.6. The van der Waals surface area contributed by atoms with E-state index in [9.17, 15) is 23.3 Å². The lowest BCUT2D eigenvalue weighted by molar-refractivity contribution is -0.385. The van der Waals surface area contributed by atoms with Crippen molar-refractivity contribution in [3.05, 3.63) is 73.9 Å². The fourth-order valence-corrected chi connectivity index (χ4v) is 2.95. The third-order valence-corrected chi connectivity index (χ3v) is 4.19. The summed E-state index contributed by atoms with van der Waals surface area (Å²) in [5, 5.41) is 14.6. The third-order valence-electron chi connectivity index (χ3n) is 3.91. The molecule has 0 unspecified atom stereocenters. The lowest BCUT2D eigenvalue weighted by Crippen LogP contribution is -2.09. The molecule has 0 saturated heterocycles. The van der Waals surface area contributed by atoms with Crippen LogP contribution < -0.4 is 0 Å². The minimum Gasteiger partial charge on any atom is -0.258 e. The van der Waals surface area contributed by atoms with Gasteiger partial charge >= 0.3 is 6.18 Å². The van der Waals surface area contributed by atoms with Crippen LogP contribution in [0.3, 0.4) is 0 Å². The SMILES string of the molecule is Cc1cnc(-n2nc(C(F)(F)F)nc2Cc2ccc([N+](=O)[O-])c(C)c2)c(Cl)c1. The lowest BCUT2D eigenvalue weighted by atomic mass is 10.1. The van der Waals surface area contributed by atoms with Gasteiger partial charge in [-0.2, -0.15) is 17.9 Å². The largest absolute Gasteiger partial charge is 0.453 e. The molecule has 11 heteroatoms. The number of nitrogens with zero attached hydrogens (tertiary/aromatic N) is 5. The molecule has 2 aromatic heterocycles.